The van der Waals surface area contributed by atoms with Gasteiger partial charge in [-0.25, -0.2) is 9.78 Å². The zero-order valence-electron chi connectivity index (χ0n) is 12.4. The molecule has 24 heavy (non-hydrogen) atoms. The van der Waals surface area contributed by atoms with Gasteiger partial charge in [-0.1, -0.05) is 35.9 Å². The van der Waals surface area contributed by atoms with E-state index in [1.54, 1.807) is 12.1 Å². The molecule has 0 bridgehead atoms. The normalized spacial score (nSPS) is 11.0. The molecule has 3 N–H and O–H groups in total. The van der Waals surface area contributed by atoms with Crippen LogP contribution in [0.25, 0.3) is 21.8 Å². The first-order chi connectivity index (χ1) is 11.6. The Bertz CT molecular complexity index is 1090. The molecule has 0 aliphatic carbocycles. The van der Waals surface area contributed by atoms with Crippen LogP contribution in [0.1, 0.15) is 10.4 Å². The standard InChI is InChI=1S/C18H12ClN3O2/c19-10-4-3-5-11(8-10)21-17-16-15(13(9-20-16)18(23)24)12-6-1-2-7-14(12)22-17/h1-9,20H,(H,21,22)(H,23,24). The topological polar surface area (TPSA) is 78.0 Å². The lowest BCUT2D eigenvalue weighted by Gasteiger charge is -2.10. The van der Waals surface area contributed by atoms with Crippen molar-refractivity contribution in [2.45, 2.75) is 0 Å². The van der Waals surface area contributed by atoms with E-state index >= 15 is 0 Å². The molecule has 0 fully saturated rings. The van der Waals surface area contributed by atoms with Gasteiger partial charge >= 0.3 is 5.97 Å². The molecule has 4 aromatic rings. The van der Waals surface area contributed by atoms with Crippen LogP contribution in [0, 0.1) is 0 Å². The Morgan fingerprint density at radius 1 is 1.17 bits per heavy atom. The maximum Gasteiger partial charge on any atom is 0.337 e. The minimum Gasteiger partial charge on any atom is -0.478 e. The Morgan fingerprint density at radius 3 is 2.79 bits per heavy atom. The van der Waals surface area contributed by atoms with Crippen molar-refractivity contribution in [1.29, 1.82) is 0 Å². The molecule has 0 atom stereocenters. The highest BCUT2D eigenvalue weighted by Crippen LogP contribution is 2.33. The number of pyridine rings is 1. The van der Waals surface area contributed by atoms with Gasteiger partial charge in [0.15, 0.2) is 5.82 Å². The van der Waals surface area contributed by atoms with Gasteiger partial charge in [0.1, 0.15) is 0 Å². The average Bonchev–Trinajstić information content (AvgIpc) is 3.01. The molecule has 2 aromatic carbocycles. The number of carboxylic acid groups (broad SMARTS) is 1. The molecular formula is C18H12ClN3O2. The molecule has 0 unspecified atom stereocenters. The van der Waals surface area contributed by atoms with Gasteiger partial charge in [0.25, 0.3) is 0 Å². The fraction of sp³-hybridized carbons (Fsp3) is 0. The molecule has 4 rings (SSSR count). The number of halogens is 1. The van der Waals surface area contributed by atoms with Crippen molar-refractivity contribution in [2.75, 3.05) is 5.32 Å². The molecule has 0 aliphatic heterocycles. The van der Waals surface area contributed by atoms with Crippen molar-refractivity contribution >= 4 is 50.9 Å². The second-order valence-corrected chi connectivity index (χ2v) is 5.81. The molecule has 2 heterocycles. The van der Waals surface area contributed by atoms with E-state index in [4.69, 9.17) is 11.6 Å². The molecule has 0 spiro atoms. The number of nitrogens with one attached hydrogen (secondary N) is 2. The van der Waals surface area contributed by atoms with Crippen molar-refractivity contribution in [3.8, 4) is 0 Å². The quantitative estimate of drug-likeness (QED) is 0.501. The van der Waals surface area contributed by atoms with Crippen LogP contribution < -0.4 is 5.32 Å². The molecule has 0 radical (unpaired) electrons. The summed E-state index contributed by atoms with van der Waals surface area (Å²) in [6, 6.07) is 14.7. The van der Waals surface area contributed by atoms with Crippen LogP contribution in [0.4, 0.5) is 11.5 Å². The summed E-state index contributed by atoms with van der Waals surface area (Å²) in [6.07, 6.45) is 1.49. The third-order valence-electron chi connectivity index (χ3n) is 3.84. The molecule has 0 aliphatic rings. The fourth-order valence-corrected chi connectivity index (χ4v) is 3.00. The van der Waals surface area contributed by atoms with Gasteiger partial charge in [0.2, 0.25) is 0 Å². The Balaban J connectivity index is 1.99. The summed E-state index contributed by atoms with van der Waals surface area (Å²) in [5.74, 6) is -0.426. The van der Waals surface area contributed by atoms with Crippen molar-refractivity contribution in [3.05, 3.63) is 65.3 Å². The number of benzene rings is 2. The van der Waals surface area contributed by atoms with E-state index in [2.05, 4.69) is 15.3 Å². The molecule has 0 amide bonds. The van der Waals surface area contributed by atoms with Crippen LogP contribution in [0.15, 0.2) is 54.7 Å². The van der Waals surface area contributed by atoms with Crippen LogP contribution in [0.3, 0.4) is 0 Å². The van der Waals surface area contributed by atoms with Crippen LogP contribution >= 0.6 is 11.6 Å². The minimum absolute atomic E-state index is 0.220. The zero-order chi connectivity index (χ0) is 16.7. The maximum atomic E-state index is 11.6. The number of aromatic nitrogens is 2. The molecule has 2 aromatic heterocycles. The number of hydrogen-bond donors (Lipinski definition) is 3. The smallest absolute Gasteiger partial charge is 0.337 e. The third-order valence-corrected chi connectivity index (χ3v) is 4.08. The number of rotatable bonds is 3. The van der Waals surface area contributed by atoms with Crippen LogP contribution in [-0.4, -0.2) is 21.0 Å². The third kappa shape index (κ3) is 2.35. The molecule has 0 saturated carbocycles. The summed E-state index contributed by atoms with van der Waals surface area (Å²) in [6.45, 7) is 0. The highest BCUT2D eigenvalue weighted by atomic mass is 35.5. The summed E-state index contributed by atoms with van der Waals surface area (Å²) in [4.78, 5) is 19.2. The summed E-state index contributed by atoms with van der Waals surface area (Å²) < 4.78 is 0. The van der Waals surface area contributed by atoms with Crippen molar-refractivity contribution in [2.24, 2.45) is 0 Å². The molecule has 5 nitrogen and oxygen atoms in total. The van der Waals surface area contributed by atoms with Gasteiger partial charge in [-0.15, -0.1) is 0 Å². The molecule has 6 heteroatoms. The number of carbonyl (C=O) groups is 1. The highest BCUT2D eigenvalue weighted by Gasteiger charge is 2.17. The van der Waals surface area contributed by atoms with Crippen LogP contribution in [-0.2, 0) is 0 Å². The lowest BCUT2D eigenvalue weighted by molar-refractivity contribution is 0.0699. The second kappa shape index (κ2) is 5.54. The summed E-state index contributed by atoms with van der Waals surface area (Å²) in [7, 11) is 0. The van der Waals surface area contributed by atoms with Crippen LogP contribution in [0.5, 0.6) is 0 Å². The average molecular weight is 338 g/mol. The first-order valence-corrected chi connectivity index (χ1v) is 7.67. The number of carboxylic acids is 1. The minimum atomic E-state index is -0.980. The Morgan fingerprint density at radius 2 is 2.00 bits per heavy atom. The Labute approximate surface area is 141 Å². The molecule has 0 saturated heterocycles. The number of aromatic amines is 1. The fourth-order valence-electron chi connectivity index (χ4n) is 2.81. The van der Waals surface area contributed by atoms with E-state index in [0.717, 1.165) is 16.6 Å². The summed E-state index contributed by atoms with van der Waals surface area (Å²) >= 11 is 6.02. The largest absolute Gasteiger partial charge is 0.478 e. The highest BCUT2D eigenvalue weighted by molar-refractivity contribution is 6.30. The first-order valence-electron chi connectivity index (χ1n) is 7.29. The number of H-pyrrole nitrogens is 1. The van der Waals surface area contributed by atoms with Gasteiger partial charge in [-0.05, 0) is 24.3 Å². The van der Waals surface area contributed by atoms with Crippen molar-refractivity contribution in [1.82, 2.24) is 9.97 Å². The Kier molecular flexibility index (Phi) is 3.36. The van der Waals surface area contributed by atoms with E-state index in [-0.39, 0.29) is 5.56 Å². The Hall–Kier alpha value is -3.05. The number of hydrogen-bond acceptors (Lipinski definition) is 3. The van der Waals surface area contributed by atoms with E-state index in [1.165, 1.54) is 6.20 Å². The number of anilines is 2. The van der Waals surface area contributed by atoms with Crippen molar-refractivity contribution < 1.29 is 9.90 Å². The number of para-hydroxylation sites is 1. The second-order valence-electron chi connectivity index (χ2n) is 5.37. The zero-order valence-corrected chi connectivity index (χ0v) is 13.1. The number of fused-ring (bicyclic) bond motifs is 3. The number of nitrogens with zero attached hydrogens (tertiary/aromatic N) is 1. The van der Waals surface area contributed by atoms with Gasteiger partial charge in [0, 0.05) is 27.7 Å². The molecule has 118 valence electrons. The van der Waals surface area contributed by atoms with E-state index in [1.807, 2.05) is 36.4 Å². The van der Waals surface area contributed by atoms with Crippen LogP contribution in [0.2, 0.25) is 5.02 Å². The van der Waals surface area contributed by atoms with E-state index in [9.17, 15) is 9.90 Å². The van der Waals surface area contributed by atoms with Gasteiger partial charge in [0.05, 0.1) is 16.6 Å². The van der Waals surface area contributed by atoms with Crippen molar-refractivity contribution in [3.63, 3.8) is 0 Å². The summed E-state index contributed by atoms with van der Waals surface area (Å²) in [5, 5.41) is 14.7. The van der Waals surface area contributed by atoms with E-state index < -0.39 is 5.97 Å². The maximum absolute atomic E-state index is 11.6. The monoisotopic (exact) mass is 337 g/mol. The first kappa shape index (κ1) is 14.5. The number of aromatic carboxylic acids is 1. The predicted octanol–water partition coefficient (Wildman–Crippen LogP) is 4.81. The lowest BCUT2D eigenvalue weighted by atomic mass is 10.1. The summed E-state index contributed by atoms with van der Waals surface area (Å²) in [5.41, 5.74) is 2.36. The predicted molar refractivity (Wildman–Crippen MR) is 95.3 cm³/mol. The van der Waals surface area contributed by atoms with Gasteiger partial charge < -0.3 is 15.4 Å². The van der Waals surface area contributed by atoms with Gasteiger partial charge in [-0.2, -0.15) is 0 Å². The van der Waals surface area contributed by atoms with Gasteiger partial charge in [-0.3, -0.25) is 0 Å². The lowest BCUT2D eigenvalue weighted by Crippen LogP contribution is -1.98. The van der Waals surface area contributed by atoms with E-state index in [0.29, 0.717) is 21.7 Å². The molecular weight excluding hydrogens is 326 g/mol. The SMILES string of the molecule is O=C(O)c1c[nH]c2c(Nc3cccc(Cl)c3)nc3ccccc3c12.